The Morgan fingerprint density at radius 1 is 1.00 bits per heavy atom. The first-order valence-electron chi connectivity index (χ1n) is 8.88. The second-order valence-corrected chi connectivity index (χ2v) is 6.20. The highest BCUT2D eigenvalue weighted by atomic mass is 16.5. The minimum absolute atomic E-state index is 0.0641. The molecule has 0 aliphatic carbocycles. The van der Waals surface area contributed by atoms with Crippen molar-refractivity contribution in [3.63, 3.8) is 0 Å². The lowest BCUT2D eigenvalue weighted by molar-refractivity contribution is -0.122. The van der Waals surface area contributed by atoms with E-state index in [2.05, 4.69) is 10.6 Å². The number of hydrogen-bond acceptors (Lipinski definition) is 3. The van der Waals surface area contributed by atoms with Crippen LogP contribution in [0.5, 0.6) is 5.75 Å². The van der Waals surface area contributed by atoms with E-state index in [1.807, 2.05) is 57.2 Å². The number of carbonyl (C=O) groups is 2. The van der Waals surface area contributed by atoms with Gasteiger partial charge in [0.2, 0.25) is 5.91 Å². The van der Waals surface area contributed by atoms with Crippen LogP contribution in [0.1, 0.15) is 37.8 Å². The predicted molar refractivity (Wildman–Crippen MR) is 105 cm³/mol. The highest BCUT2D eigenvalue weighted by Crippen LogP contribution is 2.24. The molecule has 2 rings (SSSR count). The first kappa shape index (κ1) is 19.5. The lowest BCUT2D eigenvalue weighted by Crippen LogP contribution is -2.32. The fourth-order valence-corrected chi connectivity index (χ4v) is 2.53. The predicted octanol–water partition coefficient (Wildman–Crippen LogP) is 4.45. The maximum Gasteiger partial charge on any atom is 0.265 e. The van der Waals surface area contributed by atoms with Crippen LogP contribution in [0.2, 0.25) is 0 Å². The van der Waals surface area contributed by atoms with Crippen LogP contribution < -0.4 is 15.4 Å². The van der Waals surface area contributed by atoms with Gasteiger partial charge in [0.15, 0.2) is 6.10 Å². The van der Waals surface area contributed by atoms with E-state index in [0.717, 1.165) is 11.1 Å². The van der Waals surface area contributed by atoms with Crippen molar-refractivity contribution in [3.8, 4) is 5.75 Å². The molecule has 0 saturated carbocycles. The monoisotopic (exact) mass is 354 g/mol. The molecule has 2 N–H and O–H groups in total. The third-order valence-electron chi connectivity index (χ3n) is 4.12. The van der Waals surface area contributed by atoms with E-state index in [1.54, 1.807) is 13.0 Å². The van der Waals surface area contributed by atoms with E-state index >= 15 is 0 Å². The van der Waals surface area contributed by atoms with Gasteiger partial charge in [-0.15, -0.1) is 0 Å². The molecule has 5 nitrogen and oxygen atoms in total. The summed E-state index contributed by atoms with van der Waals surface area (Å²) in [5, 5.41) is 5.75. The minimum atomic E-state index is -0.593. The summed E-state index contributed by atoms with van der Waals surface area (Å²) < 4.78 is 5.85. The van der Waals surface area contributed by atoms with E-state index in [4.69, 9.17) is 4.74 Å². The van der Waals surface area contributed by atoms with Gasteiger partial charge in [-0.25, -0.2) is 0 Å². The molecule has 26 heavy (non-hydrogen) atoms. The summed E-state index contributed by atoms with van der Waals surface area (Å²) in [5.41, 5.74) is 3.25. The topological polar surface area (TPSA) is 67.4 Å². The summed E-state index contributed by atoms with van der Waals surface area (Å²) in [4.78, 5) is 24.3. The number of aryl methyl sites for hydroxylation is 1. The Kier molecular flexibility index (Phi) is 6.78. The van der Waals surface area contributed by atoms with Crippen LogP contribution >= 0.6 is 0 Å². The van der Waals surface area contributed by atoms with Crippen molar-refractivity contribution >= 4 is 23.2 Å². The number of nitrogens with one attached hydrogen (secondary N) is 2. The van der Waals surface area contributed by atoms with Crippen molar-refractivity contribution < 1.29 is 14.3 Å². The van der Waals surface area contributed by atoms with Crippen molar-refractivity contribution in [2.24, 2.45) is 0 Å². The minimum Gasteiger partial charge on any atom is -0.481 e. The van der Waals surface area contributed by atoms with Gasteiger partial charge in [0.1, 0.15) is 5.75 Å². The van der Waals surface area contributed by atoms with E-state index < -0.39 is 6.10 Å². The van der Waals surface area contributed by atoms with E-state index in [-0.39, 0.29) is 11.8 Å². The number of rotatable bonds is 7. The van der Waals surface area contributed by atoms with Crippen molar-refractivity contribution in [1.82, 2.24) is 0 Å². The van der Waals surface area contributed by atoms with Gasteiger partial charge < -0.3 is 15.4 Å². The molecule has 0 spiro atoms. The quantitative estimate of drug-likeness (QED) is 0.772. The molecule has 0 heterocycles. The molecule has 0 saturated heterocycles. The summed E-state index contributed by atoms with van der Waals surface area (Å²) in [6.07, 6.45) is 0.355. The van der Waals surface area contributed by atoms with Crippen LogP contribution in [0.3, 0.4) is 0 Å². The summed E-state index contributed by atoms with van der Waals surface area (Å²) in [6, 6.07) is 13.1. The van der Waals surface area contributed by atoms with Crippen LogP contribution in [0.4, 0.5) is 11.4 Å². The first-order chi connectivity index (χ1) is 12.4. The van der Waals surface area contributed by atoms with Crippen LogP contribution in [-0.4, -0.2) is 17.9 Å². The highest BCUT2D eigenvalue weighted by molar-refractivity contribution is 5.97. The Morgan fingerprint density at radius 2 is 1.65 bits per heavy atom. The molecule has 0 aliphatic heterocycles. The molecule has 2 aromatic rings. The molecule has 138 valence electrons. The molecule has 2 amide bonds. The lowest BCUT2D eigenvalue weighted by atomic mass is 10.1. The van der Waals surface area contributed by atoms with Gasteiger partial charge in [0, 0.05) is 17.8 Å². The normalized spacial score (nSPS) is 11.5. The standard InChI is InChI=1S/C21H26N2O3/c1-5-19(26-16-10-7-9-14(3)13-16)21(25)23-18-12-8-11-17(15(18)4)22-20(24)6-2/h7-13,19H,5-6H2,1-4H3,(H,22,24)(H,23,25). The van der Waals surface area contributed by atoms with E-state index in [9.17, 15) is 9.59 Å². The molecular weight excluding hydrogens is 328 g/mol. The Morgan fingerprint density at radius 3 is 2.27 bits per heavy atom. The summed E-state index contributed by atoms with van der Waals surface area (Å²) >= 11 is 0. The van der Waals surface area contributed by atoms with Crippen LogP contribution in [0.15, 0.2) is 42.5 Å². The second kappa shape index (κ2) is 9.04. The van der Waals surface area contributed by atoms with Gasteiger partial charge in [-0.2, -0.15) is 0 Å². The average molecular weight is 354 g/mol. The highest BCUT2D eigenvalue weighted by Gasteiger charge is 2.20. The zero-order valence-corrected chi connectivity index (χ0v) is 15.8. The molecule has 0 bridgehead atoms. The Hall–Kier alpha value is -2.82. The van der Waals surface area contributed by atoms with Gasteiger partial charge >= 0.3 is 0 Å². The Balaban J connectivity index is 2.12. The van der Waals surface area contributed by atoms with Crippen molar-refractivity contribution in [1.29, 1.82) is 0 Å². The Labute approximate surface area is 154 Å². The number of amides is 2. The number of ether oxygens (including phenoxy) is 1. The number of anilines is 2. The maximum absolute atomic E-state index is 12.7. The molecule has 0 radical (unpaired) electrons. The zero-order chi connectivity index (χ0) is 19.1. The molecule has 0 aromatic heterocycles. The van der Waals surface area contributed by atoms with Crippen molar-refractivity contribution in [3.05, 3.63) is 53.6 Å². The van der Waals surface area contributed by atoms with Crippen LogP contribution in [0, 0.1) is 13.8 Å². The first-order valence-corrected chi connectivity index (χ1v) is 8.88. The fraction of sp³-hybridized carbons (Fsp3) is 0.333. The molecule has 0 fully saturated rings. The smallest absolute Gasteiger partial charge is 0.265 e. The fourth-order valence-electron chi connectivity index (χ4n) is 2.53. The maximum atomic E-state index is 12.7. The molecule has 0 aliphatic rings. The third-order valence-corrected chi connectivity index (χ3v) is 4.12. The lowest BCUT2D eigenvalue weighted by Gasteiger charge is -2.19. The molecule has 5 heteroatoms. The molecular formula is C21H26N2O3. The molecule has 1 unspecified atom stereocenters. The SMILES string of the molecule is CCC(=O)Nc1cccc(NC(=O)C(CC)Oc2cccc(C)c2)c1C. The van der Waals surface area contributed by atoms with Crippen molar-refractivity contribution in [2.45, 2.75) is 46.6 Å². The van der Waals surface area contributed by atoms with E-state index in [0.29, 0.717) is 30.0 Å². The van der Waals surface area contributed by atoms with Gasteiger partial charge in [0.05, 0.1) is 0 Å². The third kappa shape index (κ3) is 5.09. The summed E-state index contributed by atoms with van der Waals surface area (Å²) in [7, 11) is 0. The van der Waals surface area contributed by atoms with E-state index in [1.165, 1.54) is 0 Å². The average Bonchev–Trinajstić information content (AvgIpc) is 2.62. The number of benzene rings is 2. The summed E-state index contributed by atoms with van der Waals surface area (Å²) in [6.45, 7) is 7.55. The number of hydrogen-bond donors (Lipinski definition) is 2. The number of carbonyl (C=O) groups excluding carboxylic acids is 2. The molecule has 1 atom stereocenters. The summed E-state index contributed by atoms with van der Waals surface area (Å²) in [5.74, 6) is 0.398. The molecule has 2 aromatic carbocycles. The zero-order valence-electron chi connectivity index (χ0n) is 15.8. The largest absolute Gasteiger partial charge is 0.481 e. The Bertz CT molecular complexity index is 787. The van der Waals surface area contributed by atoms with Crippen LogP contribution in [-0.2, 0) is 9.59 Å². The van der Waals surface area contributed by atoms with Gasteiger partial charge in [-0.05, 0) is 55.7 Å². The van der Waals surface area contributed by atoms with Gasteiger partial charge in [0.25, 0.3) is 5.91 Å². The van der Waals surface area contributed by atoms with Crippen molar-refractivity contribution in [2.75, 3.05) is 10.6 Å². The van der Waals surface area contributed by atoms with Crippen LogP contribution in [0.25, 0.3) is 0 Å². The second-order valence-electron chi connectivity index (χ2n) is 6.20. The van der Waals surface area contributed by atoms with Gasteiger partial charge in [-0.3, -0.25) is 9.59 Å². The van der Waals surface area contributed by atoms with Gasteiger partial charge in [-0.1, -0.05) is 32.0 Å².